The fraction of sp³-hybridized carbons (Fsp3) is 0.500. The molecule has 1 aliphatic carbocycles. The lowest BCUT2D eigenvalue weighted by molar-refractivity contribution is -0.105. The Morgan fingerprint density at radius 2 is 2.17 bits per heavy atom. The molecule has 0 aliphatic heterocycles. The molecule has 0 heterocycles. The quantitative estimate of drug-likeness (QED) is 0.417. The first kappa shape index (κ1) is 17.5. The third kappa shape index (κ3) is 3.39. The minimum atomic E-state index is -3.57. The van der Waals surface area contributed by atoms with Crippen molar-refractivity contribution in [2.75, 3.05) is 11.1 Å². The Morgan fingerprint density at radius 1 is 1.48 bits per heavy atom. The summed E-state index contributed by atoms with van der Waals surface area (Å²) in [4.78, 5) is 10.6. The lowest BCUT2D eigenvalue weighted by Gasteiger charge is -2.30. The highest BCUT2D eigenvalue weighted by Gasteiger charge is 2.39. The number of benzene rings is 1. The van der Waals surface area contributed by atoms with E-state index in [4.69, 9.17) is 11.1 Å². The normalized spacial score (nSPS) is 18.1. The summed E-state index contributed by atoms with van der Waals surface area (Å²) in [5, 5.41) is 10.2. The van der Waals surface area contributed by atoms with Gasteiger partial charge < -0.3 is 11.1 Å². The number of fused-ring (bicyclic) bond motifs is 1. The van der Waals surface area contributed by atoms with Crippen LogP contribution in [-0.2, 0) is 21.1 Å². The van der Waals surface area contributed by atoms with Crippen molar-refractivity contribution in [3.63, 3.8) is 0 Å². The average Bonchev–Trinajstić information content (AvgIpc) is 2.47. The minimum Gasteiger partial charge on any atom is -0.386 e. The Kier molecular flexibility index (Phi) is 4.79. The highest BCUT2D eigenvalue weighted by molar-refractivity contribution is 7.93. The SMILES string of the molecule is CC(C)(C(=N)N)S(=O)(=O)CC1CCCc2ccc(NC=O)cc21. The van der Waals surface area contributed by atoms with E-state index in [1.54, 1.807) is 0 Å². The summed E-state index contributed by atoms with van der Waals surface area (Å²) in [6.07, 6.45) is 3.21. The molecule has 2 rings (SSSR count). The Balaban J connectivity index is 2.35. The number of anilines is 1. The maximum atomic E-state index is 12.7. The van der Waals surface area contributed by atoms with Crippen molar-refractivity contribution in [3.8, 4) is 0 Å². The first-order valence-electron chi connectivity index (χ1n) is 7.59. The number of hydrogen-bond donors (Lipinski definition) is 3. The molecule has 1 amide bonds. The summed E-state index contributed by atoms with van der Waals surface area (Å²) < 4.78 is 24.0. The highest BCUT2D eigenvalue weighted by Crippen LogP contribution is 2.36. The predicted octanol–water partition coefficient (Wildman–Crippen LogP) is 1.80. The monoisotopic (exact) mass is 337 g/mol. The van der Waals surface area contributed by atoms with Crippen LogP contribution in [0.2, 0.25) is 0 Å². The van der Waals surface area contributed by atoms with E-state index in [0.717, 1.165) is 30.4 Å². The smallest absolute Gasteiger partial charge is 0.211 e. The van der Waals surface area contributed by atoms with Crippen molar-refractivity contribution in [3.05, 3.63) is 29.3 Å². The van der Waals surface area contributed by atoms with E-state index >= 15 is 0 Å². The van der Waals surface area contributed by atoms with E-state index in [9.17, 15) is 13.2 Å². The zero-order chi connectivity index (χ0) is 17.3. The van der Waals surface area contributed by atoms with E-state index in [1.165, 1.54) is 13.8 Å². The van der Waals surface area contributed by atoms with Gasteiger partial charge in [0.15, 0.2) is 9.84 Å². The van der Waals surface area contributed by atoms with Crippen LogP contribution in [0.5, 0.6) is 0 Å². The zero-order valence-corrected chi connectivity index (χ0v) is 14.2. The van der Waals surface area contributed by atoms with Gasteiger partial charge in [-0.25, -0.2) is 8.42 Å². The molecule has 23 heavy (non-hydrogen) atoms. The average molecular weight is 337 g/mol. The molecule has 0 radical (unpaired) electrons. The summed E-state index contributed by atoms with van der Waals surface area (Å²) in [7, 11) is -3.57. The van der Waals surface area contributed by atoms with Gasteiger partial charge in [-0.1, -0.05) is 6.07 Å². The van der Waals surface area contributed by atoms with Gasteiger partial charge in [0.05, 0.1) is 5.75 Å². The van der Waals surface area contributed by atoms with Crippen LogP contribution in [0.15, 0.2) is 18.2 Å². The van der Waals surface area contributed by atoms with Crippen LogP contribution in [0.4, 0.5) is 5.69 Å². The number of nitrogens with two attached hydrogens (primary N) is 1. The van der Waals surface area contributed by atoms with Crippen LogP contribution in [-0.4, -0.2) is 31.2 Å². The lowest BCUT2D eigenvalue weighted by atomic mass is 9.83. The molecule has 0 aromatic heterocycles. The van der Waals surface area contributed by atoms with Crippen molar-refractivity contribution in [2.24, 2.45) is 5.73 Å². The Morgan fingerprint density at radius 3 is 2.78 bits per heavy atom. The van der Waals surface area contributed by atoms with Crippen molar-refractivity contribution >= 4 is 27.8 Å². The number of hydrogen-bond acceptors (Lipinski definition) is 4. The summed E-state index contributed by atoms with van der Waals surface area (Å²) >= 11 is 0. The number of rotatable bonds is 6. The van der Waals surface area contributed by atoms with Crippen molar-refractivity contribution in [1.29, 1.82) is 5.41 Å². The number of carbonyl (C=O) groups is 1. The number of aryl methyl sites for hydroxylation is 1. The molecule has 1 aromatic rings. The number of carbonyl (C=O) groups excluding carboxylic acids is 1. The first-order chi connectivity index (χ1) is 10.7. The molecule has 0 saturated heterocycles. The molecule has 0 saturated carbocycles. The molecule has 0 fully saturated rings. The number of amidine groups is 1. The second-order valence-electron chi connectivity index (χ2n) is 6.47. The molecule has 126 valence electrons. The highest BCUT2D eigenvalue weighted by atomic mass is 32.2. The van der Waals surface area contributed by atoms with Gasteiger partial charge in [-0.2, -0.15) is 0 Å². The zero-order valence-electron chi connectivity index (χ0n) is 13.4. The topological polar surface area (TPSA) is 113 Å². The van der Waals surface area contributed by atoms with Crippen LogP contribution in [0.3, 0.4) is 0 Å². The Hall–Kier alpha value is -1.89. The van der Waals surface area contributed by atoms with E-state index in [0.29, 0.717) is 12.1 Å². The molecule has 0 bridgehead atoms. The predicted molar refractivity (Wildman–Crippen MR) is 91.6 cm³/mol. The van der Waals surface area contributed by atoms with E-state index in [2.05, 4.69) is 5.32 Å². The standard InChI is InChI=1S/C16H23N3O3S/c1-16(2,15(17)18)23(21,22)9-12-5-3-4-11-6-7-13(19-10-20)8-14(11)12/h6-8,10,12H,3-5,9H2,1-2H3,(H3,17,18)(H,19,20). The van der Waals surface area contributed by atoms with Gasteiger partial charge in [0.25, 0.3) is 0 Å². The van der Waals surface area contributed by atoms with Crippen LogP contribution >= 0.6 is 0 Å². The third-order valence-corrected chi connectivity index (χ3v) is 7.27. The molecule has 1 aliphatic rings. The lowest BCUT2D eigenvalue weighted by Crippen LogP contribution is -2.46. The maximum absolute atomic E-state index is 12.7. The molecule has 4 N–H and O–H groups in total. The summed E-state index contributed by atoms with van der Waals surface area (Å²) in [6, 6.07) is 5.61. The molecule has 1 unspecified atom stereocenters. The molecule has 1 atom stereocenters. The molecule has 7 heteroatoms. The fourth-order valence-electron chi connectivity index (χ4n) is 2.87. The van der Waals surface area contributed by atoms with Gasteiger partial charge >= 0.3 is 0 Å². The van der Waals surface area contributed by atoms with Gasteiger partial charge in [-0.3, -0.25) is 10.2 Å². The first-order valence-corrected chi connectivity index (χ1v) is 9.24. The summed E-state index contributed by atoms with van der Waals surface area (Å²) in [5.41, 5.74) is 8.22. The maximum Gasteiger partial charge on any atom is 0.211 e. The second kappa shape index (κ2) is 6.31. The number of amides is 1. The molecular weight excluding hydrogens is 314 g/mol. The van der Waals surface area contributed by atoms with Crippen LogP contribution in [0.1, 0.15) is 43.7 Å². The van der Waals surface area contributed by atoms with Crippen molar-refractivity contribution < 1.29 is 13.2 Å². The second-order valence-corrected chi connectivity index (χ2v) is 9.05. The van der Waals surface area contributed by atoms with Crippen LogP contribution in [0.25, 0.3) is 0 Å². The molecule has 6 nitrogen and oxygen atoms in total. The van der Waals surface area contributed by atoms with Crippen molar-refractivity contribution in [2.45, 2.75) is 43.8 Å². The van der Waals surface area contributed by atoms with Gasteiger partial charge in [-0.05, 0) is 62.3 Å². The van der Waals surface area contributed by atoms with Gasteiger partial charge in [0.2, 0.25) is 6.41 Å². The van der Waals surface area contributed by atoms with Gasteiger partial charge in [0.1, 0.15) is 10.6 Å². The van der Waals surface area contributed by atoms with E-state index in [1.807, 2.05) is 18.2 Å². The van der Waals surface area contributed by atoms with Crippen LogP contribution in [0, 0.1) is 5.41 Å². The van der Waals surface area contributed by atoms with Crippen LogP contribution < -0.4 is 11.1 Å². The summed E-state index contributed by atoms with van der Waals surface area (Å²) in [6.45, 7) is 2.94. The van der Waals surface area contributed by atoms with E-state index in [-0.39, 0.29) is 17.5 Å². The Labute approximate surface area is 136 Å². The molecule has 1 aromatic carbocycles. The van der Waals surface area contributed by atoms with Crippen molar-refractivity contribution in [1.82, 2.24) is 0 Å². The number of nitrogens with one attached hydrogen (secondary N) is 2. The van der Waals surface area contributed by atoms with E-state index < -0.39 is 14.6 Å². The van der Waals surface area contributed by atoms with Gasteiger partial charge in [-0.15, -0.1) is 0 Å². The number of sulfone groups is 1. The third-order valence-electron chi connectivity index (χ3n) is 4.66. The van der Waals surface area contributed by atoms with Gasteiger partial charge in [0, 0.05) is 5.69 Å². The largest absolute Gasteiger partial charge is 0.386 e. The molecule has 0 spiro atoms. The Bertz CT molecular complexity index is 726. The fourth-order valence-corrected chi connectivity index (χ4v) is 4.50. The molecular formula is C16H23N3O3S. The minimum absolute atomic E-state index is 0.0445. The summed E-state index contributed by atoms with van der Waals surface area (Å²) in [5.74, 6) is -0.530.